The van der Waals surface area contributed by atoms with E-state index in [0.29, 0.717) is 12.2 Å². The Hall–Kier alpha value is -3.46. The monoisotopic (exact) mass is 433 g/mol. The molecule has 0 amide bonds. The molecule has 0 radical (unpaired) electrons. The van der Waals surface area contributed by atoms with E-state index in [9.17, 15) is 9.59 Å². The molecule has 1 atom stereocenters. The highest BCUT2D eigenvalue weighted by molar-refractivity contribution is 5.44. The number of hydrogen-bond donors (Lipinski definition) is 0. The Morgan fingerprint density at radius 1 is 0.969 bits per heavy atom. The van der Waals surface area contributed by atoms with Crippen molar-refractivity contribution in [3.8, 4) is 11.5 Å². The Balaban J connectivity index is 1.28. The predicted molar refractivity (Wildman–Crippen MR) is 115 cm³/mol. The van der Waals surface area contributed by atoms with Crippen molar-refractivity contribution in [1.82, 2.24) is 24.2 Å². The van der Waals surface area contributed by atoms with E-state index in [0.717, 1.165) is 55.4 Å². The fourth-order valence-electron chi connectivity index (χ4n) is 5.10. The van der Waals surface area contributed by atoms with E-state index in [1.165, 1.54) is 4.68 Å². The van der Waals surface area contributed by atoms with Crippen molar-refractivity contribution in [2.75, 3.05) is 19.9 Å². The Kier molecular flexibility index (Phi) is 4.39. The van der Waals surface area contributed by atoms with Gasteiger partial charge >= 0.3 is 11.1 Å². The number of nitrogens with zero attached hydrogens (tertiary/aromatic N) is 5. The first-order chi connectivity index (χ1) is 15.6. The normalized spacial score (nSPS) is 21.4. The molecule has 0 saturated carbocycles. The van der Waals surface area contributed by atoms with Crippen LogP contribution in [0.4, 0.5) is 0 Å². The molecule has 9 nitrogen and oxygen atoms in total. The first kappa shape index (κ1) is 19.2. The van der Waals surface area contributed by atoms with Gasteiger partial charge in [0.2, 0.25) is 6.79 Å². The third-order valence-electron chi connectivity index (χ3n) is 6.74. The van der Waals surface area contributed by atoms with Crippen LogP contribution in [0.1, 0.15) is 29.9 Å². The van der Waals surface area contributed by atoms with Crippen molar-refractivity contribution in [3.05, 3.63) is 80.4 Å². The van der Waals surface area contributed by atoms with Gasteiger partial charge in [-0.15, -0.1) is 0 Å². The summed E-state index contributed by atoms with van der Waals surface area (Å²) < 4.78 is 13.8. The highest BCUT2D eigenvalue weighted by Crippen LogP contribution is 2.41. The number of benzene rings is 1. The van der Waals surface area contributed by atoms with E-state index in [1.807, 2.05) is 30.3 Å². The van der Waals surface area contributed by atoms with Crippen molar-refractivity contribution in [3.63, 3.8) is 0 Å². The van der Waals surface area contributed by atoms with Crippen molar-refractivity contribution >= 4 is 0 Å². The van der Waals surface area contributed by atoms with Gasteiger partial charge in [-0.1, -0.05) is 12.1 Å². The molecule has 2 aromatic heterocycles. The maximum Gasteiger partial charge on any atom is 0.332 e. The van der Waals surface area contributed by atoms with Gasteiger partial charge in [0.15, 0.2) is 11.5 Å². The lowest BCUT2D eigenvalue weighted by molar-refractivity contribution is 0.174. The molecule has 3 aliphatic heterocycles. The van der Waals surface area contributed by atoms with Gasteiger partial charge in [-0.2, -0.15) is 5.10 Å². The minimum absolute atomic E-state index is 0.194. The summed E-state index contributed by atoms with van der Waals surface area (Å²) in [5, 5.41) is 4.70. The minimum atomic E-state index is -0.591. The van der Waals surface area contributed by atoms with Gasteiger partial charge in [0.05, 0.1) is 12.2 Å². The van der Waals surface area contributed by atoms with Gasteiger partial charge in [0, 0.05) is 31.2 Å². The topological polar surface area (TPSA) is 91.5 Å². The molecule has 1 aromatic carbocycles. The van der Waals surface area contributed by atoms with Crippen LogP contribution in [0.3, 0.4) is 0 Å². The molecule has 0 unspecified atom stereocenters. The number of rotatable bonds is 4. The van der Waals surface area contributed by atoms with Crippen LogP contribution >= 0.6 is 0 Å². The predicted octanol–water partition coefficient (Wildman–Crippen LogP) is 1.12. The van der Waals surface area contributed by atoms with Crippen LogP contribution in [-0.2, 0) is 25.0 Å². The molecule has 164 valence electrons. The zero-order valence-electron chi connectivity index (χ0n) is 17.6. The van der Waals surface area contributed by atoms with Crippen LogP contribution < -0.4 is 20.6 Å². The maximum atomic E-state index is 12.8. The van der Waals surface area contributed by atoms with E-state index < -0.39 is 11.1 Å². The van der Waals surface area contributed by atoms with Crippen LogP contribution in [0.2, 0.25) is 0 Å². The fourth-order valence-corrected chi connectivity index (χ4v) is 5.10. The number of likely N-dealkylation sites (tertiary alicyclic amines) is 1. The molecule has 1 spiro atoms. The second-order valence-corrected chi connectivity index (χ2v) is 8.74. The van der Waals surface area contributed by atoms with Gasteiger partial charge in [-0.05, 0) is 49.2 Å². The Morgan fingerprint density at radius 2 is 1.84 bits per heavy atom. The van der Waals surface area contributed by atoms with E-state index in [4.69, 9.17) is 14.6 Å². The quantitative estimate of drug-likeness (QED) is 0.570. The average molecular weight is 433 g/mol. The van der Waals surface area contributed by atoms with Crippen LogP contribution in [0.5, 0.6) is 11.5 Å². The van der Waals surface area contributed by atoms with Gasteiger partial charge in [-0.3, -0.25) is 24.0 Å². The molecule has 0 N–H and O–H groups in total. The molecule has 3 aliphatic rings. The summed E-state index contributed by atoms with van der Waals surface area (Å²) in [6.07, 6.45) is 3.40. The average Bonchev–Trinajstić information content (AvgIpc) is 3.52. The standard InChI is InChI=1S/C23H23N5O4/c29-20-21(30)28(13-17-3-1-2-8-24-17)25-22-23(7-10-27(20)22)6-9-26(14-23)12-16-4-5-18-19(11-16)32-15-31-18/h1-5,8,11H,6-7,9-10,12-15H2/t23-/m0/s1. The third kappa shape index (κ3) is 3.12. The summed E-state index contributed by atoms with van der Waals surface area (Å²) in [6.45, 7) is 3.50. The van der Waals surface area contributed by atoms with E-state index in [1.54, 1.807) is 10.8 Å². The number of pyridine rings is 1. The number of hydrogen-bond acceptors (Lipinski definition) is 7. The summed E-state index contributed by atoms with van der Waals surface area (Å²) in [6, 6.07) is 11.6. The zero-order chi connectivity index (χ0) is 21.7. The van der Waals surface area contributed by atoms with Gasteiger partial charge in [0.25, 0.3) is 0 Å². The summed E-state index contributed by atoms with van der Waals surface area (Å²) in [7, 11) is 0. The van der Waals surface area contributed by atoms with Crippen LogP contribution in [0, 0.1) is 0 Å². The number of fused-ring (bicyclic) bond motifs is 3. The zero-order valence-corrected chi connectivity index (χ0v) is 17.6. The molecule has 5 heterocycles. The van der Waals surface area contributed by atoms with Gasteiger partial charge in [-0.25, -0.2) is 4.68 Å². The van der Waals surface area contributed by atoms with E-state index >= 15 is 0 Å². The van der Waals surface area contributed by atoms with Crippen LogP contribution in [-0.4, -0.2) is 44.1 Å². The highest BCUT2D eigenvalue weighted by atomic mass is 16.7. The minimum Gasteiger partial charge on any atom is -0.454 e. The maximum absolute atomic E-state index is 12.8. The van der Waals surface area contributed by atoms with Crippen molar-refractivity contribution in [1.29, 1.82) is 0 Å². The van der Waals surface area contributed by atoms with Crippen molar-refractivity contribution < 1.29 is 9.47 Å². The Morgan fingerprint density at radius 3 is 2.72 bits per heavy atom. The SMILES string of the molecule is O=c1c(=O)n2c(nn1Cc1ccccn1)[C@@]1(CCN(Cc3ccc4c(c3)OCO4)C1)CC2. The van der Waals surface area contributed by atoms with Crippen molar-refractivity contribution in [2.45, 2.75) is 37.9 Å². The molecule has 6 rings (SSSR count). The number of aromatic nitrogens is 4. The van der Waals surface area contributed by atoms with E-state index in [2.05, 4.69) is 16.0 Å². The Bertz CT molecular complexity index is 1300. The fraction of sp³-hybridized carbons (Fsp3) is 0.391. The van der Waals surface area contributed by atoms with Gasteiger partial charge < -0.3 is 9.47 Å². The first-order valence-electron chi connectivity index (χ1n) is 10.8. The lowest BCUT2D eigenvalue weighted by atomic mass is 9.85. The summed E-state index contributed by atoms with van der Waals surface area (Å²) in [4.78, 5) is 32.1. The smallest absolute Gasteiger partial charge is 0.332 e. The summed E-state index contributed by atoms with van der Waals surface area (Å²) >= 11 is 0. The van der Waals surface area contributed by atoms with Crippen LogP contribution in [0.25, 0.3) is 0 Å². The Labute approximate surface area is 183 Å². The van der Waals surface area contributed by atoms with Crippen molar-refractivity contribution in [2.24, 2.45) is 0 Å². The van der Waals surface area contributed by atoms with E-state index in [-0.39, 0.29) is 18.8 Å². The first-order valence-corrected chi connectivity index (χ1v) is 10.8. The number of ether oxygens (including phenoxy) is 2. The molecule has 3 aromatic rings. The largest absolute Gasteiger partial charge is 0.454 e. The lowest BCUT2D eigenvalue weighted by Gasteiger charge is -2.24. The molecular formula is C23H23N5O4. The highest BCUT2D eigenvalue weighted by Gasteiger charge is 2.47. The molecule has 1 saturated heterocycles. The molecular weight excluding hydrogens is 410 g/mol. The third-order valence-corrected chi connectivity index (χ3v) is 6.74. The second kappa shape index (κ2) is 7.30. The summed E-state index contributed by atoms with van der Waals surface area (Å²) in [5.41, 5.74) is 0.572. The molecule has 9 heteroatoms. The molecule has 1 fully saturated rings. The lowest BCUT2D eigenvalue weighted by Crippen LogP contribution is -2.45. The van der Waals surface area contributed by atoms with Gasteiger partial charge in [0.1, 0.15) is 5.82 Å². The molecule has 0 bridgehead atoms. The second-order valence-electron chi connectivity index (χ2n) is 8.74. The summed E-state index contributed by atoms with van der Waals surface area (Å²) in [5.74, 6) is 2.30. The van der Waals surface area contributed by atoms with Crippen LogP contribution in [0.15, 0.2) is 52.2 Å². The molecule has 32 heavy (non-hydrogen) atoms. The molecule has 0 aliphatic carbocycles.